The number of anilines is 1. The molecule has 152 valence electrons. The Morgan fingerprint density at radius 1 is 1.13 bits per heavy atom. The molecule has 0 unspecified atom stereocenters. The molecule has 2 N–H and O–H groups in total. The summed E-state index contributed by atoms with van der Waals surface area (Å²) in [6.45, 7) is 4.68. The number of rotatable bonds is 4. The van der Waals surface area contributed by atoms with Crippen LogP contribution in [0.5, 0.6) is 0 Å². The van der Waals surface area contributed by atoms with Crippen molar-refractivity contribution in [3.8, 4) is 22.6 Å². The Labute approximate surface area is 172 Å². The van der Waals surface area contributed by atoms with Gasteiger partial charge < -0.3 is 15.2 Å². The topological polar surface area (TPSA) is 113 Å². The van der Waals surface area contributed by atoms with Crippen LogP contribution in [0.3, 0.4) is 0 Å². The zero-order valence-electron chi connectivity index (χ0n) is 16.7. The molecule has 1 saturated carbocycles. The van der Waals surface area contributed by atoms with Gasteiger partial charge in [-0.2, -0.15) is 5.10 Å². The smallest absolute Gasteiger partial charge is 0.245 e. The molecule has 6 rings (SSSR count). The van der Waals surface area contributed by atoms with Crippen molar-refractivity contribution in [1.29, 1.82) is 0 Å². The maximum Gasteiger partial charge on any atom is 0.245 e. The van der Waals surface area contributed by atoms with Gasteiger partial charge in [-0.1, -0.05) is 0 Å². The predicted octanol–water partition coefficient (Wildman–Crippen LogP) is 1.47. The molecule has 2 aliphatic rings. The van der Waals surface area contributed by atoms with E-state index in [9.17, 15) is 0 Å². The van der Waals surface area contributed by atoms with Crippen LogP contribution in [0, 0.1) is 12.8 Å². The molecule has 1 atom stereocenters. The van der Waals surface area contributed by atoms with E-state index in [-0.39, 0.29) is 0 Å². The van der Waals surface area contributed by atoms with E-state index in [0.29, 0.717) is 23.5 Å². The van der Waals surface area contributed by atoms with Gasteiger partial charge in [-0.15, -0.1) is 10.2 Å². The number of hydrogen-bond acceptors (Lipinski definition) is 8. The van der Waals surface area contributed by atoms with Crippen LogP contribution < -0.4 is 10.2 Å². The van der Waals surface area contributed by atoms with E-state index in [2.05, 4.69) is 45.4 Å². The second-order valence-corrected chi connectivity index (χ2v) is 7.98. The summed E-state index contributed by atoms with van der Waals surface area (Å²) in [5.74, 6) is 2.18. The number of fused-ring (bicyclic) bond motifs is 1. The van der Waals surface area contributed by atoms with Gasteiger partial charge in [0, 0.05) is 31.2 Å². The van der Waals surface area contributed by atoms with Crippen molar-refractivity contribution in [1.82, 2.24) is 45.1 Å². The van der Waals surface area contributed by atoms with Gasteiger partial charge in [0.2, 0.25) is 5.95 Å². The van der Waals surface area contributed by atoms with Crippen molar-refractivity contribution in [2.45, 2.75) is 25.8 Å². The maximum atomic E-state index is 4.63. The minimum Gasteiger partial charge on any atom is -0.343 e. The molecule has 1 saturated heterocycles. The molecule has 2 fully saturated rings. The Kier molecular flexibility index (Phi) is 3.98. The summed E-state index contributed by atoms with van der Waals surface area (Å²) in [7, 11) is 0. The number of nitrogens with zero attached hydrogens (tertiary/aromatic N) is 8. The normalized spacial score (nSPS) is 19.5. The van der Waals surface area contributed by atoms with Crippen molar-refractivity contribution < 1.29 is 0 Å². The first-order valence-corrected chi connectivity index (χ1v) is 10.3. The van der Waals surface area contributed by atoms with Crippen molar-refractivity contribution in [2.24, 2.45) is 5.92 Å². The van der Waals surface area contributed by atoms with Crippen LogP contribution >= 0.6 is 0 Å². The fraction of sp³-hybridized carbons (Fsp3) is 0.400. The molecule has 0 bridgehead atoms. The second-order valence-electron chi connectivity index (χ2n) is 7.98. The summed E-state index contributed by atoms with van der Waals surface area (Å²) in [6.07, 6.45) is 7.85. The molecule has 1 aliphatic carbocycles. The number of H-pyrrole nitrogens is 1. The highest BCUT2D eigenvalue weighted by atomic mass is 15.3. The summed E-state index contributed by atoms with van der Waals surface area (Å²) in [5, 5.41) is 17.1. The minimum absolute atomic E-state index is 0.538. The van der Waals surface area contributed by atoms with Gasteiger partial charge in [0.05, 0.1) is 30.1 Å². The summed E-state index contributed by atoms with van der Waals surface area (Å²) in [6, 6.07) is 4.50. The fourth-order valence-electron chi connectivity index (χ4n) is 4.18. The van der Waals surface area contributed by atoms with Gasteiger partial charge in [0.15, 0.2) is 5.65 Å². The lowest BCUT2D eigenvalue weighted by Crippen LogP contribution is -2.52. The molecule has 5 heterocycles. The van der Waals surface area contributed by atoms with Crippen molar-refractivity contribution >= 4 is 11.6 Å². The molecule has 4 aromatic heterocycles. The maximum absolute atomic E-state index is 4.63. The molecular weight excluding hydrogens is 380 g/mol. The Balaban J connectivity index is 1.33. The largest absolute Gasteiger partial charge is 0.343 e. The van der Waals surface area contributed by atoms with E-state index >= 15 is 0 Å². The third-order valence-corrected chi connectivity index (χ3v) is 5.87. The average molecular weight is 402 g/mol. The van der Waals surface area contributed by atoms with Crippen LogP contribution in [-0.4, -0.2) is 65.4 Å². The number of hydrogen-bond donors (Lipinski definition) is 2. The van der Waals surface area contributed by atoms with Crippen LogP contribution in [0.15, 0.2) is 30.9 Å². The van der Waals surface area contributed by atoms with Gasteiger partial charge in [-0.05, 0) is 37.8 Å². The monoisotopic (exact) mass is 402 g/mol. The highest BCUT2D eigenvalue weighted by molar-refractivity contribution is 5.77. The van der Waals surface area contributed by atoms with E-state index in [1.165, 1.54) is 12.8 Å². The van der Waals surface area contributed by atoms with E-state index < -0.39 is 0 Å². The summed E-state index contributed by atoms with van der Waals surface area (Å²) >= 11 is 0. The average Bonchev–Trinajstić information content (AvgIpc) is 3.34. The fourth-order valence-corrected chi connectivity index (χ4v) is 4.18. The third-order valence-electron chi connectivity index (χ3n) is 5.87. The zero-order valence-corrected chi connectivity index (χ0v) is 16.7. The molecule has 10 heteroatoms. The lowest BCUT2D eigenvalue weighted by Gasteiger charge is -2.33. The Morgan fingerprint density at radius 2 is 2.07 bits per heavy atom. The number of pyridine rings is 1. The number of aromatic nitrogens is 8. The van der Waals surface area contributed by atoms with E-state index in [1.54, 1.807) is 18.7 Å². The number of imidazole rings is 1. The molecule has 1 aliphatic heterocycles. The Hall–Kier alpha value is -3.40. The number of aryl methyl sites for hydroxylation is 1. The zero-order chi connectivity index (χ0) is 20.1. The summed E-state index contributed by atoms with van der Waals surface area (Å²) in [5.41, 5.74) is 4.01. The Bertz CT molecular complexity index is 1180. The van der Waals surface area contributed by atoms with Crippen molar-refractivity contribution in [3.05, 3.63) is 36.7 Å². The highest BCUT2D eigenvalue weighted by Gasteiger charge is 2.34. The standard InChI is InChI=1S/C20H22N10/c1-12-25-19-14(4-5-18(30(19)28-12)16-8-21-11-24-16)15-9-23-20(27-26-15)29-7-6-22-17(10-29)13-2-3-13/h4-5,8-9,11,13,17,22H,2-3,6-7,10H2,1H3,(H,21,24)/t17-/m1/s1. The van der Waals surface area contributed by atoms with Gasteiger partial charge in [-0.25, -0.2) is 19.5 Å². The summed E-state index contributed by atoms with van der Waals surface area (Å²) in [4.78, 5) is 18.7. The van der Waals surface area contributed by atoms with E-state index in [0.717, 1.165) is 48.2 Å². The lowest BCUT2D eigenvalue weighted by atomic mass is 10.1. The number of piperazine rings is 1. The minimum atomic E-state index is 0.538. The Morgan fingerprint density at radius 3 is 2.83 bits per heavy atom. The molecule has 30 heavy (non-hydrogen) atoms. The van der Waals surface area contributed by atoms with Crippen LogP contribution in [0.2, 0.25) is 0 Å². The third kappa shape index (κ3) is 3.00. The molecular formula is C20H22N10. The number of nitrogens with one attached hydrogen (secondary N) is 2. The molecule has 0 radical (unpaired) electrons. The highest BCUT2D eigenvalue weighted by Crippen LogP contribution is 2.34. The number of aromatic amines is 1. The molecule has 4 aromatic rings. The van der Waals surface area contributed by atoms with Crippen LogP contribution in [0.25, 0.3) is 28.3 Å². The second kappa shape index (κ2) is 6.84. The predicted molar refractivity (Wildman–Crippen MR) is 111 cm³/mol. The first-order valence-electron chi connectivity index (χ1n) is 10.3. The van der Waals surface area contributed by atoms with Crippen LogP contribution in [0.1, 0.15) is 18.7 Å². The lowest BCUT2D eigenvalue weighted by molar-refractivity contribution is 0.414. The van der Waals surface area contributed by atoms with Crippen molar-refractivity contribution in [2.75, 3.05) is 24.5 Å². The van der Waals surface area contributed by atoms with Gasteiger partial charge >= 0.3 is 0 Å². The van der Waals surface area contributed by atoms with Gasteiger partial charge in [0.1, 0.15) is 11.5 Å². The molecule has 0 aromatic carbocycles. The van der Waals surface area contributed by atoms with E-state index in [4.69, 9.17) is 0 Å². The molecule has 0 spiro atoms. The molecule has 10 nitrogen and oxygen atoms in total. The van der Waals surface area contributed by atoms with Gasteiger partial charge in [-0.3, -0.25) is 0 Å². The first-order chi connectivity index (χ1) is 14.8. The quantitative estimate of drug-likeness (QED) is 0.528. The SMILES string of the molecule is Cc1nc2c(-c3cnc(N4CCN[C@@H](C5CC5)C4)nn3)ccc(-c3cnc[nH]3)n2n1. The first kappa shape index (κ1) is 17.5. The van der Waals surface area contributed by atoms with Crippen LogP contribution in [-0.2, 0) is 0 Å². The summed E-state index contributed by atoms with van der Waals surface area (Å²) < 4.78 is 1.81. The van der Waals surface area contributed by atoms with Gasteiger partial charge in [0.25, 0.3) is 0 Å². The van der Waals surface area contributed by atoms with Crippen LogP contribution in [0.4, 0.5) is 5.95 Å². The molecule has 0 amide bonds. The van der Waals surface area contributed by atoms with E-state index in [1.807, 2.05) is 23.6 Å². The van der Waals surface area contributed by atoms with Crippen molar-refractivity contribution in [3.63, 3.8) is 0 Å².